The highest BCUT2D eigenvalue weighted by Crippen LogP contribution is 2.45. The first-order valence-corrected chi connectivity index (χ1v) is 26.1. The van der Waals surface area contributed by atoms with Gasteiger partial charge in [-0.15, -0.1) is 22.7 Å². The predicted molar refractivity (Wildman–Crippen MR) is 274 cm³/mol. The maximum atomic E-state index is 13.7. The second kappa shape index (κ2) is 25.5. The van der Waals surface area contributed by atoms with Crippen LogP contribution in [0.3, 0.4) is 0 Å². The van der Waals surface area contributed by atoms with E-state index in [1.54, 1.807) is 95.6 Å². The number of esters is 1. The van der Waals surface area contributed by atoms with Crippen LogP contribution in [-0.2, 0) is 62.3 Å². The van der Waals surface area contributed by atoms with E-state index in [0.29, 0.717) is 139 Å². The molecule has 0 saturated carbocycles. The molecule has 8 rings (SSSR count). The number of halogens is 6. The number of carboxylic acids is 1. The number of benzene rings is 4. The van der Waals surface area contributed by atoms with E-state index in [2.05, 4.69) is 0 Å². The molecule has 18 heteroatoms. The third-order valence-electron chi connectivity index (χ3n) is 12.4. The molecule has 0 unspecified atom stereocenters. The Morgan fingerprint density at radius 3 is 1.38 bits per heavy atom. The topological polar surface area (TPSA) is 123 Å². The summed E-state index contributed by atoms with van der Waals surface area (Å²) in [5.74, 6) is 0.107. The molecular weight excluding hydrogens is 1010 g/mol. The van der Waals surface area contributed by atoms with E-state index in [0.717, 1.165) is 28.9 Å². The number of carbonyl (C=O) groups is 4. The van der Waals surface area contributed by atoms with Crippen LogP contribution in [0.15, 0.2) is 109 Å². The summed E-state index contributed by atoms with van der Waals surface area (Å²) >= 11 is 1.38. The second-order valence-electron chi connectivity index (χ2n) is 17.7. The summed E-state index contributed by atoms with van der Waals surface area (Å²) in [7, 11) is 0. The van der Waals surface area contributed by atoms with Gasteiger partial charge in [-0.05, 0) is 116 Å². The molecule has 0 fully saturated rings. The molecule has 1 N–H and O–H groups in total. The fourth-order valence-corrected chi connectivity index (χ4v) is 10.7. The zero-order valence-corrected chi connectivity index (χ0v) is 42.3. The lowest BCUT2D eigenvalue weighted by atomic mass is 10.1. The van der Waals surface area contributed by atoms with Crippen LogP contribution < -0.4 is 19.3 Å². The van der Waals surface area contributed by atoms with Gasteiger partial charge in [-0.2, -0.15) is 26.3 Å². The van der Waals surface area contributed by atoms with E-state index < -0.39 is 28.1 Å². The number of amides is 2. The van der Waals surface area contributed by atoms with Gasteiger partial charge >= 0.3 is 24.3 Å². The molecule has 0 saturated heterocycles. The summed E-state index contributed by atoms with van der Waals surface area (Å²) in [4.78, 5) is 50.5. The van der Waals surface area contributed by atoms with Gasteiger partial charge in [0, 0.05) is 71.0 Å². The van der Waals surface area contributed by atoms with Crippen LogP contribution in [-0.4, -0.2) is 48.6 Å². The number of carbonyl (C=O) groups excluding carboxylic acids is 3. The van der Waals surface area contributed by atoms with Crippen LogP contribution >= 0.6 is 22.7 Å². The van der Waals surface area contributed by atoms with Crippen molar-refractivity contribution in [1.82, 2.24) is 0 Å². The summed E-state index contributed by atoms with van der Waals surface area (Å²) in [5, 5.41) is 8.69. The molecule has 2 amide bonds. The molecule has 74 heavy (non-hydrogen) atoms. The van der Waals surface area contributed by atoms with Crippen molar-refractivity contribution in [3.8, 4) is 33.8 Å². The quantitative estimate of drug-likeness (QED) is 0.0430. The number of thiophene rings is 2. The maximum Gasteiger partial charge on any atom is 0.426 e. The summed E-state index contributed by atoms with van der Waals surface area (Å²) in [5.41, 5.74) is 4.93. The van der Waals surface area contributed by atoms with Gasteiger partial charge in [0.15, 0.2) is 0 Å². The van der Waals surface area contributed by atoms with Crippen LogP contribution in [0.5, 0.6) is 11.5 Å². The molecule has 10 nitrogen and oxygen atoms in total. The molecule has 392 valence electrons. The van der Waals surface area contributed by atoms with Crippen molar-refractivity contribution < 1.29 is 64.8 Å². The Balaban J connectivity index is 0.000000217. The van der Waals surface area contributed by atoms with Gasteiger partial charge in [0.2, 0.25) is 11.8 Å². The van der Waals surface area contributed by atoms with E-state index in [-0.39, 0.29) is 48.5 Å². The van der Waals surface area contributed by atoms with Crippen molar-refractivity contribution in [3.05, 3.63) is 140 Å². The Morgan fingerprint density at radius 1 is 0.554 bits per heavy atom. The zero-order valence-electron chi connectivity index (χ0n) is 40.7. The van der Waals surface area contributed by atoms with E-state index in [4.69, 9.17) is 19.3 Å². The summed E-state index contributed by atoms with van der Waals surface area (Å²) < 4.78 is 98.5. The Kier molecular flexibility index (Phi) is 19.0. The minimum Gasteiger partial charge on any atom is -0.488 e. The van der Waals surface area contributed by atoms with Gasteiger partial charge in [-0.25, -0.2) is 0 Å². The lowest BCUT2D eigenvalue weighted by Crippen LogP contribution is -2.28. The van der Waals surface area contributed by atoms with Gasteiger partial charge in [-0.3, -0.25) is 19.2 Å². The second-order valence-corrected chi connectivity index (χ2v) is 20.0. The number of hydrogen-bond acceptors (Lipinski definition) is 9. The number of anilines is 2. The van der Waals surface area contributed by atoms with Crippen molar-refractivity contribution in [2.24, 2.45) is 0 Å². The molecule has 2 aliphatic rings. The molecule has 0 spiro atoms. The number of rotatable bonds is 21. The highest BCUT2D eigenvalue weighted by molar-refractivity contribution is 7.13. The Morgan fingerprint density at radius 2 is 0.973 bits per heavy atom. The average Bonchev–Trinajstić information content (AvgIpc) is 4.20. The van der Waals surface area contributed by atoms with Crippen LogP contribution in [0.4, 0.5) is 37.7 Å². The lowest BCUT2D eigenvalue weighted by molar-refractivity contribution is -0.143. The summed E-state index contributed by atoms with van der Waals surface area (Å²) in [6.45, 7) is 3.33. The highest BCUT2D eigenvalue weighted by atomic mass is 32.1. The fraction of sp³-hybridized carbons (Fsp3) is 0.357. The van der Waals surface area contributed by atoms with Crippen LogP contribution in [0.2, 0.25) is 0 Å². The zero-order chi connectivity index (χ0) is 52.8. The molecule has 2 aliphatic heterocycles. The Labute approximate surface area is 433 Å². The Hall–Kier alpha value is -6.66. The van der Waals surface area contributed by atoms with E-state index in [9.17, 15) is 45.5 Å². The minimum atomic E-state index is -4.45. The van der Waals surface area contributed by atoms with Crippen LogP contribution in [0, 0.1) is 0 Å². The largest absolute Gasteiger partial charge is 0.488 e. The first-order chi connectivity index (χ1) is 35.5. The van der Waals surface area contributed by atoms with Crippen molar-refractivity contribution >= 4 is 57.8 Å². The van der Waals surface area contributed by atoms with Gasteiger partial charge in [-0.1, -0.05) is 73.5 Å². The minimum absolute atomic E-state index is 0.00412. The van der Waals surface area contributed by atoms with Crippen molar-refractivity contribution in [2.75, 3.05) is 29.5 Å². The SMILES string of the molecule is CCOC(=O)CCCCCC(=O)N1CCc2cc(OCc3cc(-c4ccccc4)c(C(F)(F)F)s3)ccc21.O=C(O)CCCCCC(=O)N1CCc2cc(OCc3cc(-c4ccccc4)c(C(F)(F)F)s3)ccc21. The van der Waals surface area contributed by atoms with Crippen molar-refractivity contribution in [2.45, 2.75) is 110 Å². The lowest BCUT2D eigenvalue weighted by Gasteiger charge is -2.17. The van der Waals surface area contributed by atoms with Crippen LogP contribution in [0.25, 0.3) is 22.3 Å². The monoisotopic (exact) mass is 1060 g/mol. The third-order valence-corrected chi connectivity index (χ3v) is 14.7. The fourth-order valence-electron chi connectivity index (χ4n) is 8.83. The summed E-state index contributed by atoms with van der Waals surface area (Å²) in [6.07, 6.45) is -2.21. The number of ether oxygens (including phenoxy) is 3. The number of carboxylic acid groups (broad SMARTS) is 1. The normalized spacial score (nSPS) is 13.0. The first-order valence-electron chi connectivity index (χ1n) is 24.5. The molecule has 0 radical (unpaired) electrons. The van der Waals surface area contributed by atoms with E-state index in [1.807, 2.05) is 24.3 Å². The molecule has 0 atom stereocenters. The molecule has 4 heterocycles. The first kappa shape index (κ1) is 55.1. The maximum absolute atomic E-state index is 13.7. The van der Waals surface area contributed by atoms with E-state index in [1.165, 1.54) is 6.07 Å². The molecular formula is C56H56F6N2O8S2. The van der Waals surface area contributed by atoms with Crippen molar-refractivity contribution in [3.63, 3.8) is 0 Å². The smallest absolute Gasteiger partial charge is 0.426 e. The number of unbranched alkanes of at least 4 members (excludes halogenated alkanes) is 4. The van der Waals surface area contributed by atoms with E-state index >= 15 is 0 Å². The predicted octanol–water partition coefficient (Wildman–Crippen LogP) is 14.4. The molecule has 0 bridgehead atoms. The third kappa shape index (κ3) is 15.0. The van der Waals surface area contributed by atoms with Gasteiger partial charge in [0.25, 0.3) is 0 Å². The molecule has 4 aromatic carbocycles. The number of fused-ring (bicyclic) bond motifs is 2. The average molecular weight is 1060 g/mol. The molecule has 0 aliphatic carbocycles. The standard InChI is InChI=1S/C29H30F3NO4S.C27H26F3NO4S/c1-2-36-27(35)12-8-4-7-11-26(34)33-16-15-21-17-22(13-14-25(21)33)37-19-23-18-24(20-9-5-3-6-10-20)28(38-23)29(30,31)32;28-27(29,30)26-22(18-7-3-1-4-8-18)16-21(36-26)17-35-20-11-12-23-19(15-20)13-14-31(23)24(32)9-5-2-6-10-25(33)34/h3,5-6,9-10,13-14,17-18H,2,4,7-8,11-12,15-16,19H2,1H3;1,3-4,7-8,11-12,15-16H,2,5-6,9-10,13-14,17H2,(H,33,34). The van der Waals surface area contributed by atoms with Gasteiger partial charge in [0.05, 0.1) is 6.61 Å². The molecule has 6 aromatic rings. The van der Waals surface area contributed by atoms with Gasteiger partial charge in [0.1, 0.15) is 34.5 Å². The van der Waals surface area contributed by atoms with Crippen LogP contribution in [0.1, 0.15) is 102 Å². The Bertz CT molecular complexity index is 2870. The number of alkyl halides is 6. The highest BCUT2D eigenvalue weighted by Gasteiger charge is 2.38. The van der Waals surface area contributed by atoms with Gasteiger partial charge < -0.3 is 29.1 Å². The number of hydrogen-bond donors (Lipinski definition) is 1. The van der Waals surface area contributed by atoms with Crippen molar-refractivity contribution in [1.29, 1.82) is 0 Å². The molecule has 2 aromatic heterocycles. The number of aliphatic carboxylic acids is 1. The number of nitrogens with zero attached hydrogens (tertiary/aromatic N) is 2. The summed E-state index contributed by atoms with van der Waals surface area (Å²) in [6, 6.07) is 30.9.